The molecular formula is C25H17ClN6O3S. The lowest BCUT2D eigenvalue weighted by Gasteiger charge is -2.07. The molecule has 36 heavy (non-hydrogen) atoms. The second-order valence-electron chi connectivity index (χ2n) is 7.38. The maximum Gasteiger partial charge on any atom is 0.270 e. The van der Waals surface area contributed by atoms with Gasteiger partial charge in [0.05, 0.1) is 16.8 Å². The lowest BCUT2D eigenvalue weighted by Crippen LogP contribution is -2.16. The Hall–Kier alpha value is -4.46. The number of benzene rings is 3. The molecule has 0 aliphatic rings. The van der Waals surface area contributed by atoms with E-state index in [2.05, 4.69) is 20.5 Å². The molecule has 2 N–H and O–H groups in total. The van der Waals surface area contributed by atoms with Gasteiger partial charge in [0, 0.05) is 38.9 Å². The third-order valence-electron chi connectivity index (χ3n) is 4.96. The number of H-pyrrole nitrogens is 1. The normalized spacial score (nSPS) is 10.8. The first-order chi connectivity index (χ1) is 17.4. The van der Waals surface area contributed by atoms with Crippen molar-refractivity contribution in [1.29, 1.82) is 5.26 Å². The standard InChI is InChI=1S/C25H17ClN6O3S/c26-19-8-6-16(7-9-19)15-36-22-11-10-20(32(34)35)12-18(22)14-28-31-25-29-23(17-4-2-1-3-5-17)21(13-27)24(33)30-25/h1-12,14H,15H2,(H2,29,30,31,33). The number of nitrogens with zero attached hydrogens (tertiary/aromatic N) is 4. The monoisotopic (exact) mass is 516 g/mol. The number of anilines is 1. The molecule has 0 saturated heterocycles. The molecule has 0 spiro atoms. The zero-order chi connectivity index (χ0) is 25.5. The van der Waals surface area contributed by atoms with Crippen molar-refractivity contribution in [3.8, 4) is 17.3 Å². The first kappa shape index (κ1) is 24.7. The molecule has 9 nitrogen and oxygen atoms in total. The Balaban J connectivity index is 1.59. The quantitative estimate of drug-likeness (QED) is 0.134. The summed E-state index contributed by atoms with van der Waals surface area (Å²) in [7, 11) is 0. The number of thioether (sulfide) groups is 1. The van der Waals surface area contributed by atoms with Gasteiger partial charge in [-0.25, -0.2) is 10.4 Å². The van der Waals surface area contributed by atoms with Crippen molar-refractivity contribution in [3.05, 3.63) is 115 Å². The van der Waals surface area contributed by atoms with Gasteiger partial charge < -0.3 is 0 Å². The van der Waals surface area contributed by atoms with Crippen LogP contribution in [0.3, 0.4) is 0 Å². The number of hydrogen-bond acceptors (Lipinski definition) is 8. The van der Waals surface area contributed by atoms with Crippen LogP contribution in [-0.2, 0) is 5.75 Å². The molecule has 0 radical (unpaired) electrons. The summed E-state index contributed by atoms with van der Waals surface area (Å²) in [6.07, 6.45) is 1.41. The smallest absolute Gasteiger partial charge is 0.270 e. The highest BCUT2D eigenvalue weighted by Crippen LogP contribution is 2.29. The molecule has 0 fully saturated rings. The summed E-state index contributed by atoms with van der Waals surface area (Å²) < 4.78 is 0. The van der Waals surface area contributed by atoms with Crippen molar-refractivity contribution in [1.82, 2.24) is 9.97 Å². The Morgan fingerprint density at radius 1 is 1.17 bits per heavy atom. The number of halogens is 1. The van der Waals surface area contributed by atoms with E-state index < -0.39 is 10.5 Å². The number of nitriles is 1. The number of nitro benzene ring substituents is 1. The van der Waals surface area contributed by atoms with Crippen molar-refractivity contribution in [2.45, 2.75) is 10.6 Å². The van der Waals surface area contributed by atoms with Crippen LogP contribution in [0.25, 0.3) is 11.3 Å². The first-order valence-corrected chi connectivity index (χ1v) is 11.9. The molecule has 0 aliphatic carbocycles. The van der Waals surface area contributed by atoms with Gasteiger partial charge in [0.2, 0.25) is 5.95 Å². The highest BCUT2D eigenvalue weighted by atomic mass is 35.5. The SMILES string of the molecule is N#Cc1c(-c2ccccc2)nc(NN=Cc2cc([N+](=O)[O-])ccc2SCc2ccc(Cl)cc2)[nH]c1=O. The van der Waals surface area contributed by atoms with Crippen molar-refractivity contribution < 1.29 is 4.92 Å². The van der Waals surface area contributed by atoms with Gasteiger partial charge in [-0.1, -0.05) is 54.1 Å². The minimum absolute atomic E-state index is 0.0231. The second kappa shape index (κ2) is 11.3. The van der Waals surface area contributed by atoms with E-state index in [4.69, 9.17) is 11.6 Å². The fourth-order valence-corrected chi connectivity index (χ4v) is 4.30. The molecule has 0 atom stereocenters. The summed E-state index contributed by atoms with van der Waals surface area (Å²) in [5.74, 6) is 0.642. The predicted octanol–water partition coefficient (Wildman–Crippen LogP) is 5.61. The maximum atomic E-state index is 12.4. The summed E-state index contributed by atoms with van der Waals surface area (Å²) in [6.45, 7) is 0. The molecule has 0 unspecified atom stereocenters. The lowest BCUT2D eigenvalue weighted by atomic mass is 10.1. The fraction of sp³-hybridized carbons (Fsp3) is 0.0400. The number of hydrogen-bond donors (Lipinski definition) is 2. The Kier molecular flexibility index (Phi) is 7.75. The molecular weight excluding hydrogens is 500 g/mol. The van der Waals surface area contributed by atoms with Gasteiger partial charge in [-0.15, -0.1) is 11.8 Å². The largest absolute Gasteiger partial charge is 0.290 e. The van der Waals surface area contributed by atoms with Crippen LogP contribution in [-0.4, -0.2) is 21.1 Å². The van der Waals surface area contributed by atoms with Gasteiger partial charge in [-0.05, 0) is 23.8 Å². The zero-order valence-electron chi connectivity index (χ0n) is 18.5. The average Bonchev–Trinajstić information content (AvgIpc) is 2.89. The molecule has 0 bridgehead atoms. The van der Waals surface area contributed by atoms with Gasteiger partial charge in [0.15, 0.2) is 0 Å². The fourth-order valence-electron chi connectivity index (χ4n) is 3.22. The van der Waals surface area contributed by atoms with Crippen molar-refractivity contribution >= 4 is 41.2 Å². The van der Waals surface area contributed by atoms with E-state index in [-0.39, 0.29) is 22.9 Å². The summed E-state index contributed by atoms with van der Waals surface area (Å²) in [5, 5.41) is 25.5. The molecule has 11 heteroatoms. The summed E-state index contributed by atoms with van der Waals surface area (Å²) >= 11 is 7.43. The van der Waals surface area contributed by atoms with Gasteiger partial charge in [-0.3, -0.25) is 19.9 Å². The van der Waals surface area contributed by atoms with E-state index in [0.717, 1.165) is 10.5 Å². The molecule has 3 aromatic carbocycles. The molecule has 4 aromatic rings. The highest BCUT2D eigenvalue weighted by Gasteiger charge is 2.13. The number of hydrazone groups is 1. The van der Waals surface area contributed by atoms with E-state index >= 15 is 0 Å². The Morgan fingerprint density at radius 3 is 2.61 bits per heavy atom. The van der Waals surface area contributed by atoms with E-state index in [1.807, 2.05) is 24.3 Å². The number of non-ortho nitro benzene ring substituents is 1. The number of nitrogens with one attached hydrogen (secondary N) is 2. The van der Waals surface area contributed by atoms with Gasteiger partial charge in [-0.2, -0.15) is 10.4 Å². The number of aromatic amines is 1. The first-order valence-electron chi connectivity index (χ1n) is 10.5. The molecule has 1 aromatic heterocycles. The van der Waals surface area contributed by atoms with E-state index in [1.165, 1.54) is 30.1 Å². The Bertz CT molecular complexity index is 1530. The third kappa shape index (κ3) is 5.96. The van der Waals surface area contributed by atoms with Crippen LogP contribution in [0.2, 0.25) is 5.02 Å². The summed E-state index contributed by atoms with van der Waals surface area (Å²) in [6, 6.07) is 22.6. The van der Waals surface area contributed by atoms with Gasteiger partial charge >= 0.3 is 0 Å². The zero-order valence-corrected chi connectivity index (χ0v) is 20.1. The molecule has 0 aliphatic heterocycles. The second-order valence-corrected chi connectivity index (χ2v) is 8.83. The number of aromatic nitrogens is 2. The predicted molar refractivity (Wildman–Crippen MR) is 140 cm³/mol. The molecule has 0 saturated carbocycles. The topological polar surface area (TPSA) is 137 Å². The third-order valence-corrected chi connectivity index (χ3v) is 6.38. The summed E-state index contributed by atoms with van der Waals surface area (Å²) in [5.41, 5.74) is 4.21. The van der Waals surface area contributed by atoms with Crippen LogP contribution in [0.15, 0.2) is 87.6 Å². The van der Waals surface area contributed by atoms with Gasteiger partial charge in [0.1, 0.15) is 11.6 Å². The summed E-state index contributed by atoms with van der Waals surface area (Å²) in [4.78, 5) is 30.8. The van der Waals surface area contributed by atoms with Crippen molar-refractivity contribution in [2.75, 3.05) is 5.43 Å². The minimum Gasteiger partial charge on any atom is -0.290 e. The van der Waals surface area contributed by atoms with Crippen LogP contribution in [0.5, 0.6) is 0 Å². The van der Waals surface area contributed by atoms with E-state index in [1.54, 1.807) is 42.5 Å². The lowest BCUT2D eigenvalue weighted by molar-refractivity contribution is -0.384. The molecule has 1 heterocycles. The molecule has 0 amide bonds. The van der Waals surface area contributed by atoms with E-state index in [0.29, 0.717) is 21.9 Å². The van der Waals surface area contributed by atoms with Crippen LogP contribution >= 0.6 is 23.4 Å². The minimum atomic E-state index is -0.612. The Morgan fingerprint density at radius 2 is 1.92 bits per heavy atom. The van der Waals surface area contributed by atoms with Gasteiger partial charge in [0.25, 0.3) is 11.2 Å². The van der Waals surface area contributed by atoms with Crippen LogP contribution < -0.4 is 11.0 Å². The van der Waals surface area contributed by atoms with Crippen molar-refractivity contribution in [3.63, 3.8) is 0 Å². The maximum absolute atomic E-state index is 12.4. The number of nitro groups is 1. The molecule has 4 rings (SSSR count). The van der Waals surface area contributed by atoms with Crippen molar-refractivity contribution in [2.24, 2.45) is 5.10 Å². The highest BCUT2D eigenvalue weighted by molar-refractivity contribution is 7.98. The average molecular weight is 517 g/mol. The molecule has 178 valence electrons. The van der Waals surface area contributed by atoms with E-state index in [9.17, 15) is 20.2 Å². The van der Waals surface area contributed by atoms with Crippen LogP contribution in [0.4, 0.5) is 11.6 Å². The number of rotatable bonds is 8. The Labute approximate surface area is 214 Å². The van der Waals surface area contributed by atoms with Crippen LogP contribution in [0, 0.1) is 21.4 Å². The van der Waals surface area contributed by atoms with Crippen LogP contribution in [0.1, 0.15) is 16.7 Å².